The highest BCUT2D eigenvalue weighted by atomic mass is 35.5. The number of hydrogen-bond donors (Lipinski definition) is 1. The minimum Gasteiger partial charge on any atom is -1.00 e. The van der Waals surface area contributed by atoms with Crippen molar-refractivity contribution in [2.45, 2.75) is 73.1 Å². The van der Waals surface area contributed by atoms with Crippen LogP contribution in [0.3, 0.4) is 0 Å². The highest BCUT2D eigenvalue weighted by Gasteiger charge is 2.06. The normalized spacial score (nSPS) is 13.0. The Morgan fingerprint density at radius 2 is 1.21 bits per heavy atom. The van der Waals surface area contributed by atoms with Crippen LogP contribution in [0.15, 0.2) is 46.6 Å². The SMILES string of the molecule is CC(C)=CCC/C(C)=C/CC/C(C)=C/CC/C(C)=C/C(=O)NCC[N+](C)(C)C.[Cl-]. The second kappa shape index (κ2) is 16.5. The van der Waals surface area contributed by atoms with Crippen LogP contribution in [0, 0.1) is 0 Å². The summed E-state index contributed by atoms with van der Waals surface area (Å²) in [7, 11) is 6.39. The number of allylic oxidation sites excluding steroid dienone is 7. The van der Waals surface area contributed by atoms with Crippen LogP contribution in [0.4, 0.5) is 0 Å². The van der Waals surface area contributed by atoms with E-state index in [2.05, 4.69) is 72.4 Å². The van der Waals surface area contributed by atoms with Gasteiger partial charge in [-0.15, -0.1) is 0 Å². The maximum Gasteiger partial charge on any atom is 0.244 e. The summed E-state index contributed by atoms with van der Waals surface area (Å²) in [6.45, 7) is 12.4. The smallest absolute Gasteiger partial charge is 0.244 e. The monoisotopic (exact) mass is 424 g/mol. The average Bonchev–Trinajstić information content (AvgIpc) is 2.53. The minimum atomic E-state index is 0. The first-order valence-electron chi connectivity index (χ1n) is 10.7. The molecule has 0 aliphatic rings. The molecular weight excluding hydrogens is 380 g/mol. The Morgan fingerprint density at radius 3 is 1.66 bits per heavy atom. The predicted octanol–water partition coefficient (Wildman–Crippen LogP) is 2.96. The van der Waals surface area contributed by atoms with Crippen LogP contribution in [0.1, 0.15) is 73.1 Å². The summed E-state index contributed by atoms with van der Waals surface area (Å²) in [5, 5.41) is 2.97. The number of rotatable bonds is 13. The number of likely N-dealkylation sites (N-methyl/N-ethyl adjacent to an activating group) is 1. The van der Waals surface area contributed by atoms with Gasteiger partial charge in [0.15, 0.2) is 0 Å². The van der Waals surface area contributed by atoms with Gasteiger partial charge in [-0.2, -0.15) is 0 Å². The van der Waals surface area contributed by atoms with Crippen molar-refractivity contribution < 1.29 is 21.7 Å². The fourth-order valence-electron chi connectivity index (χ4n) is 2.75. The molecule has 0 aromatic rings. The number of nitrogens with one attached hydrogen (secondary N) is 1. The van der Waals surface area contributed by atoms with Gasteiger partial charge >= 0.3 is 0 Å². The zero-order valence-corrected chi connectivity index (χ0v) is 21.0. The van der Waals surface area contributed by atoms with E-state index in [4.69, 9.17) is 0 Å². The summed E-state index contributed by atoms with van der Waals surface area (Å²) >= 11 is 0. The van der Waals surface area contributed by atoms with Gasteiger partial charge < -0.3 is 22.2 Å². The quantitative estimate of drug-likeness (QED) is 0.275. The van der Waals surface area contributed by atoms with E-state index in [0.29, 0.717) is 6.54 Å². The Bertz CT molecular complexity index is 588. The molecule has 3 nitrogen and oxygen atoms in total. The zero-order valence-electron chi connectivity index (χ0n) is 20.2. The number of hydrogen-bond acceptors (Lipinski definition) is 1. The molecule has 4 heteroatoms. The summed E-state index contributed by atoms with van der Waals surface area (Å²) in [6, 6.07) is 0. The van der Waals surface area contributed by atoms with E-state index in [1.807, 2.05) is 6.92 Å². The Balaban J connectivity index is 0. The number of carbonyl (C=O) groups excluding carboxylic acids is 1. The van der Waals surface area contributed by atoms with E-state index >= 15 is 0 Å². The predicted molar refractivity (Wildman–Crippen MR) is 124 cm³/mol. The molecule has 1 N–H and O–H groups in total. The molecule has 0 aliphatic carbocycles. The van der Waals surface area contributed by atoms with Crippen LogP contribution in [-0.4, -0.2) is 44.6 Å². The molecular formula is C25H45ClN2O. The maximum atomic E-state index is 11.9. The summed E-state index contributed by atoms with van der Waals surface area (Å²) in [6.07, 6.45) is 15.2. The van der Waals surface area contributed by atoms with Gasteiger partial charge in [0.2, 0.25) is 5.91 Å². The Kier molecular flexibility index (Phi) is 17.0. The molecule has 0 unspecified atom stereocenters. The highest BCUT2D eigenvalue weighted by Crippen LogP contribution is 2.13. The van der Waals surface area contributed by atoms with Crippen molar-refractivity contribution >= 4 is 5.91 Å². The molecule has 0 rings (SSSR count). The Hall–Kier alpha value is -1.32. The fraction of sp³-hybridized carbons (Fsp3) is 0.640. The molecule has 29 heavy (non-hydrogen) atoms. The molecule has 0 saturated carbocycles. The van der Waals surface area contributed by atoms with E-state index < -0.39 is 0 Å². The van der Waals surface area contributed by atoms with Crippen LogP contribution in [-0.2, 0) is 4.79 Å². The van der Waals surface area contributed by atoms with Crippen molar-refractivity contribution in [3.8, 4) is 0 Å². The second-order valence-electron chi connectivity index (χ2n) is 9.29. The second-order valence-corrected chi connectivity index (χ2v) is 9.29. The van der Waals surface area contributed by atoms with Crippen molar-refractivity contribution in [2.75, 3.05) is 34.2 Å². The summed E-state index contributed by atoms with van der Waals surface area (Å²) in [5.74, 6) is 0.0281. The lowest BCUT2D eigenvalue weighted by molar-refractivity contribution is -0.869. The molecule has 0 aromatic carbocycles. The molecule has 0 radical (unpaired) electrons. The Morgan fingerprint density at radius 1 is 0.759 bits per heavy atom. The van der Waals surface area contributed by atoms with E-state index in [-0.39, 0.29) is 18.3 Å². The molecule has 0 spiro atoms. The van der Waals surface area contributed by atoms with Gasteiger partial charge in [0.05, 0.1) is 34.2 Å². The highest BCUT2D eigenvalue weighted by molar-refractivity contribution is 5.88. The molecule has 0 aliphatic heterocycles. The van der Waals surface area contributed by atoms with Gasteiger partial charge in [0.25, 0.3) is 0 Å². The van der Waals surface area contributed by atoms with Crippen molar-refractivity contribution in [3.05, 3.63) is 46.6 Å². The van der Waals surface area contributed by atoms with Crippen molar-refractivity contribution in [1.29, 1.82) is 0 Å². The molecule has 0 bridgehead atoms. The van der Waals surface area contributed by atoms with Gasteiger partial charge in [0, 0.05) is 6.08 Å². The van der Waals surface area contributed by atoms with Crippen LogP contribution in [0.25, 0.3) is 0 Å². The topological polar surface area (TPSA) is 29.1 Å². The number of halogens is 1. The molecule has 0 saturated heterocycles. The molecule has 0 heterocycles. The average molecular weight is 425 g/mol. The van der Waals surface area contributed by atoms with E-state index in [0.717, 1.165) is 55.1 Å². The third-order valence-electron chi connectivity index (χ3n) is 4.61. The minimum absolute atomic E-state index is 0. The maximum absolute atomic E-state index is 11.9. The number of amides is 1. The molecule has 0 aromatic heterocycles. The van der Waals surface area contributed by atoms with E-state index in [1.165, 1.54) is 16.7 Å². The third-order valence-corrected chi connectivity index (χ3v) is 4.61. The summed E-state index contributed by atoms with van der Waals surface area (Å²) in [4.78, 5) is 11.9. The van der Waals surface area contributed by atoms with Gasteiger partial charge in [-0.05, 0) is 73.1 Å². The first-order chi connectivity index (χ1) is 13.0. The van der Waals surface area contributed by atoms with Crippen LogP contribution in [0.5, 0.6) is 0 Å². The van der Waals surface area contributed by atoms with Crippen LogP contribution >= 0.6 is 0 Å². The molecule has 0 fully saturated rings. The molecule has 168 valence electrons. The number of carbonyl (C=O) groups is 1. The lowest BCUT2D eigenvalue weighted by Crippen LogP contribution is -3.00. The van der Waals surface area contributed by atoms with Crippen LogP contribution in [0.2, 0.25) is 0 Å². The zero-order chi connectivity index (χ0) is 21.6. The molecule has 1 amide bonds. The van der Waals surface area contributed by atoms with Crippen molar-refractivity contribution in [2.24, 2.45) is 0 Å². The summed E-state index contributed by atoms with van der Waals surface area (Å²) < 4.78 is 0.858. The van der Waals surface area contributed by atoms with Crippen molar-refractivity contribution in [3.63, 3.8) is 0 Å². The standard InChI is InChI=1S/C25H44N2O.ClH/c1-21(2)12-9-13-22(3)14-10-15-23(4)16-11-17-24(5)20-25(28)26-18-19-27(6,7)8;/h12,14,16,20H,9-11,13,15,17-19H2,1-8H3;1H/b22-14+,23-16+,24-20+;. The Labute approximate surface area is 187 Å². The fourth-order valence-corrected chi connectivity index (χ4v) is 2.75. The van der Waals surface area contributed by atoms with E-state index in [1.54, 1.807) is 6.08 Å². The summed E-state index contributed by atoms with van der Waals surface area (Å²) in [5.41, 5.74) is 5.47. The van der Waals surface area contributed by atoms with Gasteiger partial charge in [-0.1, -0.05) is 40.5 Å². The van der Waals surface area contributed by atoms with Gasteiger partial charge in [-0.25, -0.2) is 0 Å². The van der Waals surface area contributed by atoms with Gasteiger partial charge in [0.1, 0.15) is 0 Å². The van der Waals surface area contributed by atoms with E-state index in [9.17, 15) is 4.79 Å². The lowest BCUT2D eigenvalue weighted by Gasteiger charge is -2.23. The van der Waals surface area contributed by atoms with Crippen molar-refractivity contribution in [1.82, 2.24) is 5.32 Å². The third kappa shape index (κ3) is 21.2. The lowest BCUT2D eigenvalue weighted by atomic mass is 10.0. The van der Waals surface area contributed by atoms with Crippen LogP contribution < -0.4 is 17.7 Å². The number of quaternary nitrogens is 1. The number of nitrogens with zero attached hydrogens (tertiary/aromatic N) is 1. The first-order valence-corrected chi connectivity index (χ1v) is 10.7. The largest absolute Gasteiger partial charge is 1.00 e. The first kappa shape index (κ1) is 29.9. The van der Waals surface area contributed by atoms with Gasteiger partial charge in [-0.3, -0.25) is 4.79 Å². The molecule has 0 atom stereocenters.